The molecule has 0 aliphatic rings. The zero-order chi connectivity index (χ0) is 13.4. The van der Waals surface area contributed by atoms with Gasteiger partial charge >= 0.3 is 0 Å². The van der Waals surface area contributed by atoms with E-state index in [9.17, 15) is 4.39 Å². The lowest BCUT2D eigenvalue weighted by molar-refractivity contribution is 0.246. The molecule has 2 heteroatoms. The largest absolute Gasteiger partial charge is 0.316 e. The van der Waals surface area contributed by atoms with E-state index in [1.165, 1.54) is 6.07 Å². The van der Waals surface area contributed by atoms with Crippen LogP contribution in [0.4, 0.5) is 4.39 Å². The minimum absolute atomic E-state index is 0.130. The first-order valence-electron chi connectivity index (χ1n) is 7.11. The summed E-state index contributed by atoms with van der Waals surface area (Å²) >= 11 is 0. The van der Waals surface area contributed by atoms with Crippen LogP contribution in [0.3, 0.4) is 0 Å². The molecule has 0 atom stereocenters. The van der Waals surface area contributed by atoms with Gasteiger partial charge in [0.15, 0.2) is 0 Å². The van der Waals surface area contributed by atoms with Crippen LogP contribution < -0.4 is 5.32 Å². The van der Waals surface area contributed by atoms with Crippen LogP contribution in [-0.2, 0) is 6.42 Å². The topological polar surface area (TPSA) is 12.0 Å². The highest BCUT2D eigenvalue weighted by molar-refractivity contribution is 5.18. The molecule has 1 aromatic rings. The van der Waals surface area contributed by atoms with Crippen molar-refractivity contribution in [3.8, 4) is 0 Å². The van der Waals surface area contributed by atoms with Gasteiger partial charge in [-0.2, -0.15) is 0 Å². The van der Waals surface area contributed by atoms with Gasteiger partial charge in [0.25, 0.3) is 0 Å². The highest BCUT2D eigenvalue weighted by Crippen LogP contribution is 2.30. The molecule has 0 spiro atoms. The lowest BCUT2D eigenvalue weighted by atomic mass is 9.77. The third-order valence-corrected chi connectivity index (χ3v) is 3.89. The van der Waals surface area contributed by atoms with Crippen LogP contribution in [0.25, 0.3) is 0 Å². The summed E-state index contributed by atoms with van der Waals surface area (Å²) in [6.45, 7) is 8.72. The van der Waals surface area contributed by atoms with E-state index in [0.717, 1.165) is 44.3 Å². The summed E-state index contributed by atoms with van der Waals surface area (Å²) in [7, 11) is 0. The summed E-state index contributed by atoms with van der Waals surface area (Å²) in [5.41, 5.74) is 1.36. The van der Waals surface area contributed by atoms with Gasteiger partial charge < -0.3 is 5.32 Å². The normalized spacial score (nSPS) is 11.8. The molecule has 1 nitrogen and oxygen atoms in total. The molecule has 0 heterocycles. The third-order valence-electron chi connectivity index (χ3n) is 3.89. The molecule has 102 valence electrons. The van der Waals surface area contributed by atoms with Crippen molar-refractivity contribution in [2.75, 3.05) is 13.1 Å². The van der Waals surface area contributed by atoms with Crippen molar-refractivity contribution in [2.45, 2.75) is 46.5 Å². The lowest BCUT2D eigenvalue weighted by Crippen LogP contribution is -2.35. The molecule has 1 rings (SSSR count). The fourth-order valence-corrected chi connectivity index (χ4v) is 2.42. The molecule has 0 fully saturated rings. The van der Waals surface area contributed by atoms with Crippen LogP contribution in [0.5, 0.6) is 0 Å². The Hall–Kier alpha value is -0.890. The molecule has 18 heavy (non-hydrogen) atoms. The molecule has 0 aromatic heterocycles. The second-order valence-corrected chi connectivity index (χ2v) is 5.19. The van der Waals surface area contributed by atoms with E-state index in [1.54, 1.807) is 12.1 Å². The molecule has 0 aliphatic carbocycles. The van der Waals surface area contributed by atoms with Crippen LogP contribution in [0.15, 0.2) is 24.3 Å². The number of hydrogen-bond acceptors (Lipinski definition) is 1. The molecule has 0 unspecified atom stereocenters. The Bertz CT molecular complexity index is 345. The molecular formula is C16H26FN. The van der Waals surface area contributed by atoms with Crippen molar-refractivity contribution in [2.24, 2.45) is 5.41 Å². The molecule has 1 N–H and O–H groups in total. The Morgan fingerprint density at radius 2 is 1.89 bits per heavy atom. The standard InChI is InChI=1S/C16H26FN/c1-4-10-18-13-16(5-2,6-3)12-14-8-7-9-15(17)11-14/h7-9,11,18H,4-6,10,12-13H2,1-3H3. The minimum atomic E-state index is -0.130. The van der Waals surface area contributed by atoms with Crippen molar-refractivity contribution in [1.29, 1.82) is 0 Å². The van der Waals surface area contributed by atoms with Gasteiger partial charge in [-0.3, -0.25) is 0 Å². The van der Waals surface area contributed by atoms with Crippen LogP contribution in [-0.4, -0.2) is 13.1 Å². The number of benzene rings is 1. The van der Waals surface area contributed by atoms with Gasteiger partial charge in [0, 0.05) is 6.54 Å². The second-order valence-electron chi connectivity index (χ2n) is 5.19. The molecular weight excluding hydrogens is 225 g/mol. The Kier molecular flexibility index (Phi) is 6.34. The summed E-state index contributed by atoms with van der Waals surface area (Å²) < 4.78 is 13.2. The zero-order valence-corrected chi connectivity index (χ0v) is 11.9. The second kappa shape index (κ2) is 7.52. The monoisotopic (exact) mass is 251 g/mol. The van der Waals surface area contributed by atoms with Gasteiger partial charge in [0.05, 0.1) is 0 Å². The van der Waals surface area contributed by atoms with E-state index in [0.29, 0.717) is 0 Å². The smallest absolute Gasteiger partial charge is 0.123 e. The highest BCUT2D eigenvalue weighted by atomic mass is 19.1. The number of halogens is 1. The van der Waals surface area contributed by atoms with Gasteiger partial charge in [-0.1, -0.05) is 32.9 Å². The van der Waals surface area contributed by atoms with Crippen molar-refractivity contribution >= 4 is 0 Å². The van der Waals surface area contributed by atoms with Crippen molar-refractivity contribution in [3.63, 3.8) is 0 Å². The summed E-state index contributed by atoms with van der Waals surface area (Å²) in [6.07, 6.45) is 4.35. The first-order chi connectivity index (χ1) is 8.65. The van der Waals surface area contributed by atoms with Crippen molar-refractivity contribution in [3.05, 3.63) is 35.6 Å². The van der Waals surface area contributed by atoms with Gasteiger partial charge in [0.1, 0.15) is 5.82 Å². The van der Waals surface area contributed by atoms with Crippen LogP contribution in [0.2, 0.25) is 0 Å². The molecule has 0 saturated carbocycles. The molecule has 0 amide bonds. The average Bonchev–Trinajstić information content (AvgIpc) is 2.38. The Morgan fingerprint density at radius 3 is 2.44 bits per heavy atom. The Morgan fingerprint density at radius 1 is 1.17 bits per heavy atom. The SMILES string of the molecule is CCCNCC(CC)(CC)Cc1cccc(F)c1. The van der Waals surface area contributed by atoms with E-state index in [1.807, 2.05) is 6.07 Å². The van der Waals surface area contributed by atoms with Crippen molar-refractivity contribution < 1.29 is 4.39 Å². The van der Waals surface area contributed by atoms with Crippen LogP contribution in [0.1, 0.15) is 45.6 Å². The molecule has 0 bridgehead atoms. The summed E-state index contributed by atoms with van der Waals surface area (Å²) in [5.74, 6) is -0.130. The minimum Gasteiger partial charge on any atom is -0.316 e. The first kappa shape index (κ1) is 15.2. The fraction of sp³-hybridized carbons (Fsp3) is 0.625. The number of rotatable bonds is 8. The fourth-order valence-electron chi connectivity index (χ4n) is 2.42. The van der Waals surface area contributed by atoms with Gasteiger partial charge in [0.2, 0.25) is 0 Å². The van der Waals surface area contributed by atoms with E-state index in [4.69, 9.17) is 0 Å². The maximum absolute atomic E-state index is 13.2. The van der Waals surface area contributed by atoms with Gasteiger partial charge in [-0.25, -0.2) is 4.39 Å². The number of nitrogens with one attached hydrogen (secondary N) is 1. The third kappa shape index (κ3) is 4.41. The zero-order valence-electron chi connectivity index (χ0n) is 11.9. The quantitative estimate of drug-likeness (QED) is 0.684. The van der Waals surface area contributed by atoms with Gasteiger partial charge in [-0.15, -0.1) is 0 Å². The van der Waals surface area contributed by atoms with Gasteiger partial charge in [-0.05, 0) is 55.3 Å². The van der Waals surface area contributed by atoms with E-state index in [2.05, 4.69) is 26.1 Å². The van der Waals surface area contributed by atoms with E-state index in [-0.39, 0.29) is 11.2 Å². The Balaban J connectivity index is 2.71. The maximum Gasteiger partial charge on any atom is 0.123 e. The molecule has 0 aliphatic heterocycles. The predicted molar refractivity (Wildman–Crippen MR) is 76.3 cm³/mol. The predicted octanol–water partition coefficient (Wildman–Crippen LogP) is 4.17. The first-order valence-corrected chi connectivity index (χ1v) is 7.11. The molecule has 0 saturated heterocycles. The lowest BCUT2D eigenvalue weighted by Gasteiger charge is -2.32. The highest BCUT2D eigenvalue weighted by Gasteiger charge is 2.26. The Labute approximate surface area is 111 Å². The van der Waals surface area contributed by atoms with E-state index >= 15 is 0 Å². The molecule has 0 radical (unpaired) electrons. The van der Waals surface area contributed by atoms with Crippen molar-refractivity contribution in [1.82, 2.24) is 5.32 Å². The van der Waals surface area contributed by atoms with Crippen LogP contribution >= 0.6 is 0 Å². The van der Waals surface area contributed by atoms with Crippen LogP contribution in [0, 0.1) is 11.2 Å². The summed E-state index contributed by atoms with van der Waals surface area (Å²) in [5, 5.41) is 3.52. The summed E-state index contributed by atoms with van der Waals surface area (Å²) in [6, 6.07) is 7.02. The van der Waals surface area contributed by atoms with E-state index < -0.39 is 0 Å². The summed E-state index contributed by atoms with van der Waals surface area (Å²) in [4.78, 5) is 0. The number of hydrogen-bond donors (Lipinski definition) is 1. The molecule has 1 aromatic carbocycles. The maximum atomic E-state index is 13.2. The average molecular weight is 251 g/mol.